The second-order valence-corrected chi connectivity index (χ2v) is 5.20. The highest BCUT2D eigenvalue weighted by molar-refractivity contribution is 7.06. The molecule has 0 atom stereocenters. The molecule has 2 aromatic rings. The molecule has 0 radical (unpaired) electrons. The van der Waals surface area contributed by atoms with Gasteiger partial charge in [-0.15, -0.1) is 0 Å². The summed E-state index contributed by atoms with van der Waals surface area (Å²) in [4.78, 5) is 0. The Morgan fingerprint density at radius 2 is 2.11 bits per heavy atom. The van der Waals surface area contributed by atoms with Gasteiger partial charge in [0.05, 0.1) is 12.3 Å². The van der Waals surface area contributed by atoms with Gasteiger partial charge in [-0.1, -0.05) is 18.5 Å². The van der Waals surface area contributed by atoms with Crippen molar-refractivity contribution in [3.63, 3.8) is 0 Å². The van der Waals surface area contributed by atoms with E-state index >= 15 is 0 Å². The van der Waals surface area contributed by atoms with Crippen molar-refractivity contribution in [1.82, 2.24) is 9.27 Å². The van der Waals surface area contributed by atoms with Crippen molar-refractivity contribution in [2.24, 2.45) is 0 Å². The van der Waals surface area contributed by atoms with Gasteiger partial charge in [0, 0.05) is 24.3 Å². The summed E-state index contributed by atoms with van der Waals surface area (Å²) < 4.78 is 7.74. The zero-order valence-electron chi connectivity index (χ0n) is 11.6. The van der Waals surface area contributed by atoms with Crippen LogP contribution in [0.15, 0.2) is 29.6 Å². The van der Waals surface area contributed by atoms with Gasteiger partial charge in [0.2, 0.25) is 0 Å². The fourth-order valence-electron chi connectivity index (χ4n) is 1.70. The van der Waals surface area contributed by atoms with E-state index in [4.69, 9.17) is 4.74 Å². The predicted molar refractivity (Wildman–Crippen MR) is 82.5 cm³/mol. The van der Waals surface area contributed by atoms with Gasteiger partial charge < -0.3 is 10.1 Å². The standard InChI is InChI=1S/C15H20N2OS/c1-4-9-18-14-7-5-13(6-8-14)15(16-3)10-17-12(2)11-19-17/h5-8,10-11,16H,4,9H2,1-3H3/b15-10-. The molecule has 1 aromatic carbocycles. The first-order valence-electron chi connectivity index (χ1n) is 6.50. The summed E-state index contributed by atoms with van der Waals surface area (Å²) in [6.07, 6.45) is 3.14. The maximum Gasteiger partial charge on any atom is 0.119 e. The molecule has 19 heavy (non-hydrogen) atoms. The fraction of sp³-hybridized carbons (Fsp3) is 0.333. The monoisotopic (exact) mass is 276 g/mol. The summed E-state index contributed by atoms with van der Waals surface area (Å²) >= 11 is 1.70. The third-order valence-corrected chi connectivity index (χ3v) is 3.91. The number of hydrogen-bond donors (Lipinski definition) is 1. The van der Waals surface area contributed by atoms with Gasteiger partial charge in [-0.3, -0.25) is 3.96 Å². The average Bonchev–Trinajstić information content (AvgIpc) is 2.45. The molecule has 0 spiro atoms. The molecule has 3 nitrogen and oxygen atoms in total. The molecule has 0 saturated heterocycles. The average molecular weight is 276 g/mol. The van der Waals surface area contributed by atoms with E-state index < -0.39 is 0 Å². The van der Waals surface area contributed by atoms with E-state index in [-0.39, 0.29) is 0 Å². The molecule has 1 heterocycles. The van der Waals surface area contributed by atoms with Crippen LogP contribution in [0.25, 0.3) is 11.9 Å². The third kappa shape index (κ3) is 3.41. The molecule has 0 unspecified atom stereocenters. The molecule has 4 heteroatoms. The largest absolute Gasteiger partial charge is 0.494 e. The van der Waals surface area contributed by atoms with Crippen LogP contribution in [0.4, 0.5) is 0 Å². The van der Waals surface area contributed by atoms with Crippen LogP contribution in [0.5, 0.6) is 5.75 Å². The molecule has 1 N–H and O–H groups in total. The Hall–Kier alpha value is -1.68. The molecule has 0 aliphatic heterocycles. The predicted octanol–water partition coefficient (Wildman–Crippen LogP) is 3.82. The highest BCUT2D eigenvalue weighted by atomic mass is 32.1. The van der Waals surface area contributed by atoms with Crippen molar-refractivity contribution in [3.8, 4) is 5.75 Å². The van der Waals surface area contributed by atoms with Crippen LogP contribution >= 0.6 is 11.5 Å². The SMILES string of the molecule is CCCOc1ccc(/C(=C/n2scc2C)NC)cc1. The highest BCUT2D eigenvalue weighted by Crippen LogP contribution is 2.20. The lowest BCUT2D eigenvalue weighted by atomic mass is 10.1. The van der Waals surface area contributed by atoms with Crippen LogP contribution in [0.3, 0.4) is 0 Å². The van der Waals surface area contributed by atoms with E-state index in [0.717, 1.165) is 30.0 Å². The van der Waals surface area contributed by atoms with Crippen molar-refractivity contribution in [3.05, 3.63) is 40.9 Å². The Morgan fingerprint density at radius 3 is 2.58 bits per heavy atom. The minimum atomic E-state index is 0.766. The van der Waals surface area contributed by atoms with Crippen LogP contribution in [-0.2, 0) is 0 Å². The molecule has 0 saturated carbocycles. The Morgan fingerprint density at radius 1 is 1.37 bits per heavy atom. The van der Waals surface area contributed by atoms with E-state index in [2.05, 4.69) is 46.8 Å². The zero-order valence-corrected chi connectivity index (χ0v) is 12.5. The van der Waals surface area contributed by atoms with Gasteiger partial charge in [-0.25, -0.2) is 0 Å². The van der Waals surface area contributed by atoms with Gasteiger partial charge in [0.15, 0.2) is 0 Å². The van der Waals surface area contributed by atoms with E-state index in [1.807, 2.05) is 19.2 Å². The zero-order chi connectivity index (χ0) is 13.7. The summed E-state index contributed by atoms with van der Waals surface area (Å²) in [7, 11) is 1.94. The Labute approximate surface area is 118 Å². The van der Waals surface area contributed by atoms with E-state index in [9.17, 15) is 0 Å². The second kappa shape index (κ2) is 6.48. The van der Waals surface area contributed by atoms with Crippen molar-refractivity contribution in [1.29, 1.82) is 0 Å². The van der Waals surface area contributed by atoms with Crippen LogP contribution in [0, 0.1) is 6.92 Å². The van der Waals surface area contributed by atoms with Crippen molar-refractivity contribution in [2.75, 3.05) is 13.7 Å². The molecule has 0 amide bonds. The van der Waals surface area contributed by atoms with Gasteiger partial charge >= 0.3 is 0 Å². The van der Waals surface area contributed by atoms with Gasteiger partial charge in [-0.2, -0.15) is 0 Å². The molecule has 0 fully saturated rings. The third-order valence-electron chi connectivity index (χ3n) is 2.84. The van der Waals surface area contributed by atoms with Crippen LogP contribution in [0.1, 0.15) is 24.6 Å². The van der Waals surface area contributed by atoms with Gasteiger partial charge in [-0.05, 0) is 43.2 Å². The Kier molecular flexibility index (Phi) is 4.68. The molecule has 0 aliphatic rings. The molecule has 0 bridgehead atoms. The molecule has 2 rings (SSSR count). The highest BCUT2D eigenvalue weighted by Gasteiger charge is 2.03. The summed E-state index contributed by atoms with van der Waals surface area (Å²) in [5.41, 5.74) is 3.52. The molecular formula is C15H20N2OS. The Bertz CT molecular complexity index is 537. The molecule has 102 valence electrons. The number of nitrogens with one attached hydrogen (secondary N) is 1. The molecule has 1 aromatic heterocycles. The van der Waals surface area contributed by atoms with Crippen LogP contribution < -0.4 is 10.1 Å². The lowest BCUT2D eigenvalue weighted by molar-refractivity contribution is 0.317. The summed E-state index contributed by atoms with van der Waals surface area (Å²) in [5.74, 6) is 0.926. The Balaban J connectivity index is 2.14. The summed E-state index contributed by atoms with van der Waals surface area (Å²) in [6, 6.07) is 8.19. The van der Waals surface area contributed by atoms with Gasteiger partial charge in [0.1, 0.15) is 5.75 Å². The number of ether oxygens (including phenoxy) is 1. The molecular weight excluding hydrogens is 256 g/mol. The van der Waals surface area contributed by atoms with Crippen molar-refractivity contribution < 1.29 is 4.74 Å². The first-order valence-corrected chi connectivity index (χ1v) is 7.34. The normalized spacial score (nSPS) is 11.6. The smallest absolute Gasteiger partial charge is 0.119 e. The minimum Gasteiger partial charge on any atom is -0.494 e. The topological polar surface area (TPSA) is 26.2 Å². The number of aromatic nitrogens is 1. The van der Waals surface area contributed by atoms with Crippen LogP contribution in [-0.4, -0.2) is 17.6 Å². The van der Waals surface area contributed by atoms with E-state index in [1.54, 1.807) is 11.5 Å². The quantitative estimate of drug-likeness (QED) is 0.868. The summed E-state index contributed by atoms with van der Waals surface area (Å²) in [6.45, 7) is 4.97. The number of aryl methyl sites for hydroxylation is 1. The number of rotatable bonds is 6. The fourth-order valence-corrected chi connectivity index (χ4v) is 2.31. The lowest BCUT2D eigenvalue weighted by Gasteiger charge is -2.13. The van der Waals surface area contributed by atoms with Gasteiger partial charge in [0.25, 0.3) is 0 Å². The summed E-state index contributed by atoms with van der Waals surface area (Å²) in [5, 5.41) is 5.37. The lowest BCUT2D eigenvalue weighted by Crippen LogP contribution is -2.07. The van der Waals surface area contributed by atoms with Crippen molar-refractivity contribution in [2.45, 2.75) is 20.3 Å². The van der Waals surface area contributed by atoms with E-state index in [0.29, 0.717) is 0 Å². The van der Waals surface area contributed by atoms with Crippen molar-refractivity contribution >= 4 is 23.4 Å². The maximum absolute atomic E-state index is 5.59. The first kappa shape index (κ1) is 13.7. The van der Waals surface area contributed by atoms with Crippen LogP contribution in [0.2, 0.25) is 0 Å². The number of benzene rings is 1. The minimum absolute atomic E-state index is 0.766. The maximum atomic E-state index is 5.59. The molecule has 0 aliphatic carbocycles. The number of nitrogens with zero attached hydrogens (tertiary/aromatic N) is 1. The van der Waals surface area contributed by atoms with E-state index in [1.165, 1.54) is 5.69 Å². The second-order valence-electron chi connectivity index (χ2n) is 4.36. The first-order chi connectivity index (χ1) is 9.24. The number of hydrogen-bond acceptors (Lipinski definition) is 3.